The third kappa shape index (κ3) is 3.87. The van der Waals surface area contributed by atoms with Gasteiger partial charge in [0, 0.05) is 11.3 Å². The Balaban J connectivity index is 1.84. The highest BCUT2D eigenvalue weighted by atomic mass is 32.2. The number of rotatable bonds is 7. The third-order valence-corrected chi connectivity index (χ3v) is 5.01. The number of para-hydroxylation sites is 1. The largest absolute Gasteiger partial charge is 0.494 e. The predicted molar refractivity (Wildman–Crippen MR) is 97.9 cm³/mol. The second kappa shape index (κ2) is 7.59. The molecule has 0 saturated heterocycles. The van der Waals surface area contributed by atoms with Gasteiger partial charge in [-0.15, -0.1) is 0 Å². The highest BCUT2D eigenvalue weighted by Crippen LogP contribution is 2.25. The summed E-state index contributed by atoms with van der Waals surface area (Å²) in [6, 6.07) is 14.0. The first-order valence-corrected chi connectivity index (χ1v) is 9.51. The predicted octanol–water partition coefficient (Wildman–Crippen LogP) is 2.56. The lowest BCUT2D eigenvalue weighted by Crippen LogP contribution is -2.12. The number of aliphatic hydroxyl groups excluding tert-OH is 1. The van der Waals surface area contributed by atoms with Gasteiger partial charge in [0.25, 0.3) is 10.0 Å². The topological polar surface area (TPSA) is 93.5 Å². The van der Waals surface area contributed by atoms with Crippen molar-refractivity contribution in [2.75, 3.05) is 11.3 Å². The standard InChI is InChI=1S/C18H19N3O4S/c1-2-25-18-9-8-15(10-14(18)13-22)20-26(23,24)17-11-19-21(12-17)16-6-4-3-5-7-16/h3-12,20,22H,2,13H2,1H3. The summed E-state index contributed by atoms with van der Waals surface area (Å²) in [4.78, 5) is 0.0424. The quantitative estimate of drug-likeness (QED) is 0.664. The highest BCUT2D eigenvalue weighted by Gasteiger charge is 2.18. The van der Waals surface area contributed by atoms with Crippen molar-refractivity contribution in [1.29, 1.82) is 0 Å². The molecule has 0 aliphatic rings. The van der Waals surface area contributed by atoms with Crippen LogP contribution in [0.5, 0.6) is 5.75 Å². The number of aromatic nitrogens is 2. The molecule has 0 unspecified atom stereocenters. The van der Waals surface area contributed by atoms with Crippen LogP contribution in [0.4, 0.5) is 5.69 Å². The summed E-state index contributed by atoms with van der Waals surface area (Å²) in [5.41, 5.74) is 1.61. The van der Waals surface area contributed by atoms with E-state index in [1.54, 1.807) is 18.2 Å². The molecule has 0 saturated carbocycles. The Hall–Kier alpha value is -2.84. The monoisotopic (exact) mass is 373 g/mol. The Kier molecular flexibility index (Phi) is 5.24. The fourth-order valence-corrected chi connectivity index (χ4v) is 3.42. The second-order valence-electron chi connectivity index (χ2n) is 5.48. The van der Waals surface area contributed by atoms with E-state index in [-0.39, 0.29) is 11.5 Å². The Bertz CT molecular complexity index is 985. The number of ether oxygens (including phenoxy) is 1. The number of anilines is 1. The van der Waals surface area contributed by atoms with Crippen molar-refractivity contribution in [3.63, 3.8) is 0 Å². The maximum Gasteiger partial charge on any atom is 0.265 e. The fraction of sp³-hybridized carbons (Fsp3) is 0.167. The summed E-state index contributed by atoms with van der Waals surface area (Å²) in [5, 5.41) is 13.5. The van der Waals surface area contributed by atoms with Gasteiger partial charge in [-0.05, 0) is 37.3 Å². The van der Waals surface area contributed by atoms with Crippen LogP contribution < -0.4 is 9.46 Å². The molecule has 3 aromatic rings. The molecule has 0 aliphatic carbocycles. The summed E-state index contributed by atoms with van der Waals surface area (Å²) >= 11 is 0. The molecule has 2 N–H and O–H groups in total. The van der Waals surface area contributed by atoms with Crippen LogP contribution in [0.15, 0.2) is 65.8 Å². The molecule has 0 radical (unpaired) electrons. The molecule has 0 atom stereocenters. The van der Waals surface area contributed by atoms with E-state index < -0.39 is 10.0 Å². The van der Waals surface area contributed by atoms with Crippen molar-refractivity contribution in [3.8, 4) is 11.4 Å². The summed E-state index contributed by atoms with van der Waals surface area (Å²) in [6.07, 6.45) is 2.73. The summed E-state index contributed by atoms with van der Waals surface area (Å²) < 4.78 is 34.6. The first-order valence-electron chi connectivity index (χ1n) is 8.03. The van der Waals surface area contributed by atoms with Crippen molar-refractivity contribution >= 4 is 15.7 Å². The van der Waals surface area contributed by atoms with Gasteiger partial charge in [-0.2, -0.15) is 5.10 Å². The maximum atomic E-state index is 12.6. The van der Waals surface area contributed by atoms with E-state index in [0.717, 1.165) is 5.69 Å². The van der Waals surface area contributed by atoms with Crippen LogP contribution in [0.2, 0.25) is 0 Å². The number of benzene rings is 2. The first kappa shape index (κ1) is 18.0. The van der Waals surface area contributed by atoms with E-state index in [0.29, 0.717) is 23.6 Å². The van der Waals surface area contributed by atoms with E-state index in [1.165, 1.54) is 17.1 Å². The molecule has 26 heavy (non-hydrogen) atoms. The minimum Gasteiger partial charge on any atom is -0.494 e. The van der Waals surface area contributed by atoms with Crippen LogP contribution in [0.1, 0.15) is 12.5 Å². The van der Waals surface area contributed by atoms with E-state index >= 15 is 0 Å². The molecular formula is C18H19N3O4S. The van der Waals surface area contributed by atoms with E-state index in [1.807, 2.05) is 37.3 Å². The van der Waals surface area contributed by atoms with Crippen LogP contribution in [-0.2, 0) is 16.6 Å². The normalized spacial score (nSPS) is 11.3. The second-order valence-corrected chi connectivity index (χ2v) is 7.16. The smallest absolute Gasteiger partial charge is 0.265 e. The Morgan fingerprint density at radius 1 is 1.19 bits per heavy atom. The van der Waals surface area contributed by atoms with Gasteiger partial charge in [-0.25, -0.2) is 13.1 Å². The first-order chi connectivity index (χ1) is 12.5. The van der Waals surface area contributed by atoms with Gasteiger partial charge in [-0.3, -0.25) is 4.72 Å². The highest BCUT2D eigenvalue weighted by molar-refractivity contribution is 7.92. The Morgan fingerprint density at radius 2 is 1.96 bits per heavy atom. The zero-order valence-electron chi connectivity index (χ0n) is 14.2. The molecular weight excluding hydrogens is 354 g/mol. The molecule has 0 bridgehead atoms. The lowest BCUT2D eigenvalue weighted by Gasteiger charge is -2.11. The van der Waals surface area contributed by atoms with Crippen molar-refractivity contribution in [3.05, 3.63) is 66.5 Å². The van der Waals surface area contributed by atoms with Crippen LogP contribution in [-0.4, -0.2) is 29.9 Å². The number of nitrogens with one attached hydrogen (secondary N) is 1. The molecule has 3 rings (SSSR count). The fourth-order valence-electron chi connectivity index (χ4n) is 2.44. The van der Waals surface area contributed by atoms with Crippen molar-refractivity contribution in [2.24, 2.45) is 0 Å². The van der Waals surface area contributed by atoms with Gasteiger partial charge in [0.05, 0.1) is 31.3 Å². The molecule has 136 valence electrons. The van der Waals surface area contributed by atoms with E-state index in [2.05, 4.69) is 9.82 Å². The number of sulfonamides is 1. The van der Waals surface area contributed by atoms with Crippen molar-refractivity contribution in [2.45, 2.75) is 18.4 Å². The van der Waals surface area contributed by atoms with Gasteiger partial charge in [0.2, 0.25) is 0 Å². The number of aliphatic hydroxyl groups is 1. The SMILES string of the molecule is CCOc1ccc(NS(=O)(=O)c2cnn(-c3ccccc3)c2)cc1CO. The minimum absolute atomic E-state index is 0.0424. The molecule has 1 heterocycles. The Morgan fingerprint density at radius 3 is 2.65 bits per heavy atom. The number of hydrogen-bond acceptors (Lipinski definition) is 5. The van der Waals surface area contributed by atoms with Crippen LogP contribution in [0.3, 0.4) is 0 Å². The van der Waals surface area contributed by atoms with Gasteiger partial charge < -0.3 is 9.84 Å². The molecule has 7 nitrogen and oxygen atoms in total. The average Bonchev–Trinajstić information content (AvgIpc) is 3.15. The van der Waals surface area contributed by atoms with Gasteiger partial charge in [0.1, 0.15) is 10.6 Å². The van der Waals surface area contributed by atoms with Crippen molar-refractivity contribution < 1.29 is 18.3 Å². The van der Waals surface area contributed by atoms with Crippen LogP contribution >= 0.6 is 0 Å². The molecule has 8 heteroatoms. The zero-order chi connectivity index (χ0) is 18.6. The Labute approximate surface area is 151 Å². The van der Waals surface area contributed by atoms with E-state index in [4.69, 9.17) is 4.74 Å². The lowest BCUT2D eigenvalue weighted by atomic mass is 10.2. The molecule has 0 spiro atoms. The molecule has 0 fully saturated rings. The minimum atomic E-state index is -3.81. The summed E-state index contributed by atoms with van der Waals surface area (Å²) in [6.45, 7) is 2.04. The van der Waals surface area contributed by atoms with Crippen LogP contribution in [0, 0.1) is 0 Å². The average molecular weight is 373 g/mol. The zero-order valence-corrected chi connectivity index (χ0v) is 15.0. The lowest BCUT2D eigenvalue weighted by molar-refractivity contribution is 0.267. The van der Waals surface area contributed by atoms with Crippen molar-refractivity contribution in [1.82, 2.24) is 9.78 Å². The van der Waals surface area contributed by atoms with Gasteiger partial charge in [-0.1, -0.05) is 18.2 Å². The summed E-state index contributed by atoms with van der Waals surface area (Å²) in [5.74, 6) is 0.523. The summed E-state index contributed by atoms with van der Waals surface area (Å²) in [7, 11) is -3.81. The molecule has 0 amide bonds. The van der Waals surface area contributed by atoms with Crippen LogP contribution in [0.25, 0.3) is 5.69 Å². The number of hydrogen-bond donors (Lipinski definition) is 2. The molecule has 1 aromatic heterocycles. The molecule has 0 aliphatic heterocycles. The third-order valence-electron chi connectivity index (χ3n) is 3.67. The van der Waals surface area contributed by atoms with Gasteiger partial charge in [0.15, 0.2) is 0 Å². The molecule has 2 aromatic carbocycles. The number of nitrogens with zero attached hydrogens (tertiary/aromatic N) is 2. The maximum absolute atomic E-state index is 12.6. The van der Waals surface area contributed by atoms with E-state index in [9.17, 15) is 13.5 Å². The van der Waals surface area contributed by atoms with Gasteiger partial charge >= 0.3 is 0 Å².